The minimum absolute atomic E-state index is 0.0163. The smallest absolute Gasteiger partial charge is 0.253 e. The van der Waals surface area contributed by atoms with Crippen LogP contribution >= 0.6 is 0 Å². The van der Waals surface area contributed by atoms with E-state index in [-0.39, 0.29) is 25.5 Å². The summed E-state index contributed by atoms with van der Waals surface area (Å²) in [6, 6.07) is 1.95. The van der Waals surface area contributed by atoms with Gasteiger partial charge in [-0.1, -0.05) is 0 Å². The normalized spacial score (nSPS) is 19.9. The van der Waals surface area contributed by atoms with Gasteiger partial charge in [0, 0.05) is 49.8 Å². The van der Waals surface area contributed by atoms with E-state index in [1.807, 2.05) is 19.9 Å². The molecule has 7 nitrogen and oxygen atoms in total. The third-order valence-electron chi connectivity index (χ3n) is 5.81. The van der Waals surface area contributed by atoms with Gasteiger partial charge in [0.05, 0.1) is 18.0 Å². The predicted molar refractivity (Wildman–Crippen MR) is 106 cm³/mol. The molecule has 2 aromatic rings. The summed E-state index contributed by atoms with van der Waals surface area (Å²) in [5, 5.41) is 17.2. The number of rotatable bonds is 5. The Balaban J connectivity index is 1.66. The van der Waals surface area contributed by atoms with Gasteiger partial charge < -0.3 is 10.4 Å². The van der Waals surface area contributed by atoms with Gasteiger partial charge in [0.25, 0.3) is 5.95 Å². The lowest BCUT2D eigenvalue weighted by atomic mass is 9.92. The van der Waals surface area contributed by atoms with Crippen LogP contribution in [0.1, 0.15) is 48.3 Å². The number of nitrogens with zero attached hydrogens (tertiary/aromatic N) is 5. The van der Waals surface area contributed by atoms with Crippen molar-refractivity contribution >= 4 is 5.82 Å². The highest BCUT2D eigenvalue weighted by Gasteiger charge is 2.35. The zero-order valence-electron chi connectivity index (χ0n) is 17.0. The standard InChI is InChI=1S/C20H28F2N6O/c1-13-11-14(2)28(26-13)19-24-17-12-27(9-10-29)8-5-16(17)18(25-19)23-15-3-6-20(21,22)7-4-15/h11,15,29H,3-10,12H2,1-2H3,(H,23,24,25). The summed E-state index contributed by atoms with van der Waals surface area (Å²) in [7, 11) is 0. The Morgan fingerprint density at radius 3 is 2.66 bits per heavy atom. The van der Waals surface area contributed by atoms with E-state index in [0.29, 0.717) is 31.9 Å². The highest BCUT2D eigenvalue weighted by molar-refractivity contribution is 5.50. The summed E-state index contributed by atoms with van der Waals surface area (Å²) >= 11 is 0. The van der Waals surface area contributed by atoms with Crippen molar-refractivity contribution in [1.82, 2.24) is 24.6 Å². The number of aliphatic hydroxyl groups excluding tert-OH is 1. The molecule has 1 fully saturated rings. The molecule has 2 aromatic heterocycles. The van der Waals surface area contributed by atoms with Gasteiger partial charge >= 0.3 is 0 Å². The number of β-amino-alcohol motifs (C(OH)–C–C–N with tert-alkyl or cyclic N) is 1. The molecule has 0 radical (unpaired) electrons. The highest BCUT2D eigenvalue weighted by Crippen LogP contribution is 2.35. The number of hydrogen-bond donors (Lipinski definition) is 2. The zero-order valence-corrected chi connectivity index (χ0v) is 17.0. The SMILES string of the molecule is Cc1cc(C)n(-c2nc3c(c(NC4CCC(F)(F)CC4)n2)CCN(CCO)C3)n1. The summed E-state index contributed by atoms with van der Waals surface area (Å²) in [6.07, 6.45) is 1.44. The Morgan fingerprint density at radius 2 is 2.00 bits per heavy atom. The molecule has 0 spiro atoms. The first-order valence-corrected chi connectivity index (χ1v) is 10.3. The van der Waals surface area contributed by atoms with E-state index in [4.69, 9.17) is 9.97 Å². The largest absolute Gasteiger partial charge is 0.395 e. The molecular weight excluding hydrogens is 378 g/mol. The fraction of sp³-hybridized carbons (Fsp3) is 0.650. The molecule has 0 unspecified atom stereocenters. The van der Waals surface area contributed by atoms with Crippen LogP contribution in [-0.2, 0) is 13.0 Å². The van der Waals surface area contributed by atoms with Crippen LogP contribution in [0.3, 0.4) is 0 Å². The van der Waals surface area contributed by atoms with Crippen molar-refractivity contribution in [2.45, 2.75) is 64.5 Å². The minimum atomic E-state index is -2.55. The highest BCUT2D eigenvalue weighted by atomic mass is 19.3. The Kier molecular flexibility index (Phi) is 5.52. The third kappa shape index (κ3) is 4.40. The van der Waals surface area contributed by atoms with Crippen molar-refractivity contribution in [2.75, 3.05) is 25.0 Å². The van der Waals surface area contributed by atoms with E-state index in [2.05, 4.69) is 15.3 Å². The van der Waals surface area contributed by atoms with Crippen LogP contribution in [0, 0.1) is 13.8 Å². The van der Waals surface area contributed by atoms with Crippen LogP contribution in [-0.4, -0.2) is 61.4 Å². The number of aliphatic hydroxyl groups is 1. The molecule has 0 atom stereocenters. The number of alkyl halides is 2. The molecule has 3 heterocycles. The summed E-state index contributed by atoms with van der Waals surface area (Å²) in [6.45, 7) is 6.02. The summed E-state index contributed by atoms with van der Waals surface area (Å²) in [5.41, 5.74) is 3.77. The fourth-order valence-electron chi connectivity index (χ4n) is 4.23. The van der Waals surface area contributed by atoms with E-state index >= 15 is 0 Å². The van der Waals surface area contributed by atoms with Crippen molar-refractivity contribution in [3.63, 3.8) is 0 Å². The summed E-state index contributed by atoms with van der Waals surface area (Å²) in [5.74, 6) is -1.33. The van der Waals surface area contributed by atoms with Crippen molar-refractivity contribution in [2.24, 2.45) is 0 Å². The van der Waals surface area contributed by atoms with Gasteiger partial charge in [-0.2, -0.15) is 10.1 Å². The molecule has 0 aromatic carbocycles. The zero-order chi connectivity index (χ0) is 20.6. The Bertz CT molecular complexity index is 874. The van der Waals surface area contributed by atoms with Gasteiger partial charge in [-0.15, -0.1) is 0 Å². The number of anilines is 1. The Labute approximate surface area is 169 Å². The maximum absolute atomic E-state index is 13.5. The third-order valence-corrected chi connectivity index (χ3v) is 5.81. The summed E-state index contributed by atoms with van der Waals surface area (Å²) in [4.78, 5) is 11.7. The topological polar surface area (TPSA) is 79.1 Å². The van der Waals surface area contributed by atoms with Gasteiger partial charge in [0.2, 0.25) is 5.92 Å². The molecule has 0 bridgehead atoms. The molecule has 158 valence electrons. The lowest BCUT2D eigenvalue weighted by Crippen LogP contribution is -2.36. The molecule has 2 aliphatic rings. The van der Waals surface area contributed by atoms with Crippen molar-refractivity contribution in [3.8, 4) is 5.95 Å². The molecule has 29 heavy (non-hydrogen) atoms. The molecular formula is C20H28F2N6O. The quantitative estimate of drug-likeness (QED) is 0.795. The van der Waals surface area contributed by atoms with Gasteiger partial charge in [0.15, 0.2) is 0 Å². The summed E-state index contributed by atoms with van der Waals surface area (Å²) < 4.78 is 28.8. The average molecular weight is 406 g/mol. The molecule has 0 amide bonds. The number of aromatic nitrogens is 4. The molecule has 1 saturated carbocycles. The van der Waals surface area contributed by atoms with Gasteiger partial charge in [-0.25, -0.2) is 18.4 Å². The predicted octanol–water partition coefficient (Wildman–Crippen LogP) is 2.62. The monoisotopic (exact) mass is 406 g/mol. The lowest BCUT2D eigenvalue weighted by Gasteiger charge is -2.32. The van der Waals surface area contributed by atoms with Gasteiger partial charge in [-0.3, -0.25) is 4.90 Å². The Hall–Kier alpha value is -2.13. The average Bonchev–Trinajstić information content (AvgIpc) is 3.01. The van der Waals surface area contributed by atoms with Crippen LogP contribution in [0.25, 0.3) is 5.95 Å². The first-order valence-electron chi connectivity index (χ1n) is 10.3. The first kappa shape index (κ1) is 20.2. The Morgan fingerprint density at radius 1 is 1.24 bits per heavy atom. The maximum Gasteiger partial charge on any atom is 0.253 e. The second-order valence-electron chi connectivity index (χ2n) is 8.16. The second kappa shape index (κ2) is 7.95. The van der Waals surface area contributed by atoms with E-state index in [0.717, 1.165) is 41.4 Å². The first-order chi connectivity index (χ1) is 13.8. The van der Waals surface area contributed by atoms with Crippen LogP contribution in [0.2, 0.25) is 0 Å². The number of fused-ring (bicyclic) bond motifs is 1. The van der Waals surface area contributed by atoms with E-state index in [1.54, 1.807) is 4.68 Å². The second-order valence-corrected chi connectivity index (χ2v) is 8.16. The maximum atomic E-state index is 13.5. The molecule has 1 aliphatic carbocycles. The van der Waals surface area contributed by atoms with Crippen molar-refractivity contribution in [3.05, 3.63) is 28.7 Å². The number of nitrogens with one attached hydrogen (secondary N) is 1. The molecule has 4 rings (SSSR count). The van der Waals surface area contributed by atoms with Crippen molar-refractivity contribution < 1.29 is 13.9 Å². The van der Waals surface area contributed by atoms with Crippen LogP contribution in [0.15, 0.2) is 6.07 Å². The number of hydrogen-bond acceptors (Lipinski definition) is 6. The van der Waals surface area contributed by atoms with E-state index in [9.17, 15) is 13.9 Å². The molecule has 9 heteroatoms. The van der Waals surface area contributed by atoms with E-state index in [1.165, 1.54) is 0 Å². The van der Waals surface area contributed by atoms with Gasteiger partial charge in [0.1, 0.15) is 5.82 Å². The molecule has 0 saturated heterocycles. The van der Waals surface area contributed by atoms with Gasteiger partial charge in [-0.05, 0) is 39.2 Å². The van der Waals surface area contributed by atoms with Crippen LogP contribution in [0.5, 0.6) is 0 Å². The van der Waals surface area contributed by atoms with E-state index < -0.39 is 5.92 Å². The lowest BCUT2D eigenvalue weighted by molar-refractivity contribution is -0.0361. The number of halogens is 2. The molecule has 2 N–H and O–H groups in total. The minimum Gasteiger partial charge on any atom is -0.395 e. The molecule has 1 aliphatic heterocycles. The van der Waals surface area contributed by atoms with Crippen molar-refractivity contribution in [1.29, 1.82) is 0 Å². The number of aryl methyl sites for hydroxylation is 2. The van der Waals surface area contributed by atoms with Crippen LogP contribution in [0.4, 0.5) is 14.6 Å². The van der Waals surface area contributed by atoms with Crippen LogP contribution < -0.4 is 5.32 Å². The fourth-order valence-corrected chi connectivity index (χ4v) is 4.23.